The minimum Gasteiger partial charge on any atom is -0.481 e. The largest absolute Gasteiger partial charge is 0.481 e. The molecule has 1 atom stereocenters. The number of aliphatic hydroxyl groups excluding tert-OH is 1. The van der Waals surface area contributed by atoms with Crippen LogP contribution in [0, 0.1) is 0 Å². The highest BCUT2D eigenvalue weighted by Gasteiger charge is 2.07. The van der Waals surface area contributed by atoms with Crippen LogP contribution in [0.25, 0.3) is 0 Å². The molecule has 0 bridgehead atoms. The second-order valence-corrected chi connectivity index (χ2v) is 5.38. The first-order valence-corrected chi connectivity index (χ1v) is 8.15. The molecular weight excluding hydrogens is 304 g/mol. The standard InChI is InChI=1S/C12H22O4.C4H8O3/c13-11(14)9-7-5-3-1-2-4-6-8-10-12(15)16;1-2-3(5)4(6)7/h1-10H2,(H,13,14)(H,15,16);3,5H,2H2,1H3,(H,6,7). The SMILES string of the molecule is CCC(O)C(=O)O.O=C(O)CCCCCCCCCCC(=O)O. The summed E-state index contributed by atoms with van der Waals surface area (Å²) in [7, 11) is 0. The van der Waals surface area contributed by atoms with Crippen LogP contribution in [-0.2, 0) is 14.4 Å². The van der Waals surface area contributed by atoms with Gasteiger partial charge in [0.1, 0.15) is 0 Å². The Hall–Kier alpha value is -1.63. The molecule has 7 nitrogen and oxygen atoms in total. The summed E-state index contributed by atoms with van der Waals surface area (Å²) >= 11 is 0. The first kappa shape index (κ1) is 23.6. The van der Waals surface area contributed by atoms with Crippen LogP contribution in [0.2, 0.25) is 0 Å². The van der Waals surface area contributed by atoms with E-state index in [4.69, 9.17) is 20.4 Å². The maximum absolute atomic E-state index is 10.2. The van der Waals surface area contributed by atoms with E-state index >= 15 is 0 Å². The highest BCUT2D eigenvalue weighted by atomic mass is 16.4. The number of hydrogen-bond acceptors (Lipinski definition) is 4. The fraction of sp³-hybridized carbons (Fsp3) is 0.812. The first-order chi connectivity index (χ1) is 10.8. The summed E-state index contributed by atoms with van der Waals surface area (Å²) in [5.41, 5.74) is 0. The molecule has 0 aliphatic heterocycles. The van der Waals surface area contributed by atoms with Gasteiger partial charge in [0.25, 0.3) is 0 Å². The third-order valence-corrected chi connectivity index (χ3v) is 3.20. The van der Waals surface area contributed by atoms with E-state index in [0.29, 0.717) is 0 Å². The van der Waals surface area contributed by atoms with Gasteiger partial charge in [-0.3, -0.25) is 9.59 Å². The van der Waals surface area contributed by atoms with Gasteiger partial charge in [0, 0.05) is 12.8 Å². The predicted octanol–water partition coefficient (Wildman–Crippen LogP) is 2.90. The van der Waals surface area contributed by atoms with Crippen molar-refractivity contribution in [1.29, 1.82) is 0 Å². The molecule has 4 N–H and O–H groups in total. The number of carboxylic acid groups (broad SMARTS) is 3. The maximum Gasteiger partial charge on any atom is 0.332 e. The van der Waals surface area contributed by atoms with Crippen molar-refractivity contribution in [2.45, 2.75) is 83.7 Å². The molecule has 1 unspecified atom stereocenters. The summed E-state index contributed by atoms with van der Waals surface area (Å²) < 4.78 is 0. The number of carboxylic acids is 3. The van der Waals surface area contributed by atoms with Crippen LogP contribution in [0.5, 0.6) is 0 Å². The van der Waals surface area contributed by atoms with Gasteiger partial charge in [-0.15, -0.1) is 0 Å². The Labute approximate surface area is 137 Å². The van der Waals surface area contributed by atoms with E-state index < -0.39 is 24.0 Å². The smallest absolute Gasteiger partial charge is 0.332 e. The van der Waals surface area contributed by atoms with Crippen molar-refractivity contribution in [1.82, 2.24) is 0 Å². The monoisotopic (exact) mass is 334 g/mol. The lowest BCUT2D eigenvalue weighted by Gasteiger charge is -2.00. The quantitative estimate of drug-likeness (QED) is 0.381. The maximum atomic E-state index is 10.2. The molecule has 136 valence electrons. The van der Waals surface area contributed by atoms with E-state index in [-0.39, 0.29) is 19.3 Å². The van der Waals surface area contributed by atoms with Gasteiger partial charge in [-0.05, 0) is 19.3 Å². The van der Waals surface area contributed by atoms with Crippen molar-refractivity contribution in [2.75, 3.05) is 0 Å². The topological polar surface area (TPSA) is 132 Å². The summed E-state index contributed by atoms with van der Waals surface area (Å²) in [5, 5.41) is 33.1. The summed E-state index contributed by atoms with van der Waals surface area (Å²) in [5.74, 6) is -2.58. The molecule has 0 aliphatic carbocycles. The normalized spacial score (nSPS) is 11.2. The van der Waals surface area contributed by atoms with E-state index in [1.807, 2.05) is 0 Å². The van der Waals surface area contributed by atoms with Crippen LogP contribution in [0.3, 0.4) is 0 Å². The van der Waals surface area contributed by atoms with Gasteiger partial charge in [-0.2, -0.15) is 0 Å². The van der Waals surface area contributed by atoms with Crippen molar-refractivity contribution >= 4 is 17.9 Å². The molecule has 0 saturated carbocycles. The van der Waals surface area contributed by atoms with Crippen LogP contribution in [0.15, 0.2) is 0 Å². The summed E-state index contributed by atoms with van der Waals surface area (Å²) in [4.78, 5) is 30.1. The third-order valence-electron chi connectivity index (χ3n) is 3.20. The fourth-order valence-electron chi connectivity index (χ4n) is 1.79. The molecule has 0 radical (unpaired) electrons. The Bertz CT molecular complexity index is 306. The number of aliphatic carboxylic acids is 3. The van der Waals surface area contributed by atoms with E-state index in [1.165, 1.54) is 0 Å². The zero-order chi connectivity index (χ0) is 18.1. The van der Waals surface area contributed by atoms with Gasteiger partial charge in [-0.25, -0.2) is 4.79 Å². The highest BCUT2D eigenvalue weighted by Crippen LogP contribution is 2.10. The van der Waals surface area contributed by atoms with Gasteiger partial charge in [0.2, 0.25) is 0 Å². The van der Waals surface area contributed by atoms with E-state index in [1.54, 1.807) is 6.92 Å². The first-order valence-electron chi connectivity index (χ1n) is 8.15. The number of carbonyl (C=O) groups is 3. The van der Waals surface area contributed by atoms with Crippen LogP contribution < -0.4 is 0 Å². The molecule has 7 heteroatoms. The summed E-state index contributed by atoms with van der Waals surface area (Å²) in [6, 6.07) is 0. The Morgan fingerprint density at radius 2 is 1.00 bits per heavy atom. The van der Waals surface area contributed by atoms with E-state index in [2.05, 4.69) is 0 Å². The molecule has 0 aromatic carbocycles. The van der Waals surface area contributed by atoms with Crippen molar-refractivity contribution in [3.05, 3.63) is 0 Å². The number of unbranched alkanes of at least 4 members (excludes halogenated alkanes) is 7. The van der Waals surface area contributed by atoms with Crippen LogP contribution >= 0.6 is 0 Å². The lowest BCUT2D eigenvalue weighted by molar-refractivity contribution is -0.146. The molecule has 0 aromatic rings. The Morgan fingerprint density at radius 1 is 0.696 bits per heavy atom. The van der Waals surface area contributed by atoms with E-state index in [9.17, 15) is 14.4 Å². The van der Waals surface area contributed by atoms with Gasteiger partial charge >= 0.3 is 17.9 Å². The minimum atomic E-state index is -1.18. The van der Waals surface area contributed by atoms with E-state index in [0.717, 1.165) is 51.4 Å². The van der Waals surface area contributed by atoms with Crippen molar-refractivity contribution < 1.29 is 34.8 Å². The van der Waals surface area contributed by atoms with Crippen molar-refractivity contribution in [2.24, 2.45) is 0 Å². The molecule has 0 rings (SSSR count). The van der Waals surface area contributed by atoms with Crippen molar-refractivity contribution in [3.63, 3.8) is 0 Å². The average molecular weight is 334 g/mol. The minimum absolute atomic E-state index is 0.273. The Balaban J connectivity index is 0. The van der Waals surface area contributed by atoms with Gasteiger partial charge in [-0.1, -0.05) is 45.4 Å². The second kappa shape index (κ2) is 16.7. The Kier molecular flexibility index (Phi) is 17.2. The zero-order valence-electron chi connectivity index (χ0n) is 13.9. The molecule has 0 saturated heterocycles. The fourth-order valence-corrected chi connectivity index (χ4v) is 1.79. The van der Waals surface area contributed by atoms with Crippen LogP contribution in [0.4, 0.5) is 0 Å². The van der Waals surface area contributed by atoms with Gasteiger partial charge in [0.05, 0.1) is 0 Å². The molecule has 23 heavy (non-hydrogen) atoms. The van der Waals surface area contributed by atoms with Crippen LogP contribution in [0.1, 0.15) is 77.6 Å². The average Bonchev–Trinajstić information content (AvgIpc) is 2.48. The molecular formula is C16H30O7. The molecule has 0 amide bonds. The Morgan fingerprint density at radius 3 is 1.17 bits per heavy atom. The van der Waals surface area contributed by atoms with Crippen molar-refractivity contribution in [3.8, 4) is 0 Å². The lowest BCUT2D eigenvalue weighted by Crippen LogP contribution is -2.17. The summed E-state index contributed by atoms with van der Waals surface area (Å²) in [6.07, 6.45) is 7.61. The number of hydrogen-bond donors (Lipinski definition) is 4. The predicted molar refractivity (Wildman–Crippen MR) is 85.4 cm³/mol. The number of rotatable bonds is 13. The van der Waals surface area contributed by atoms with Crippen LogP contribution in [-0.4, -0.2) is 44.4 Å². The zero-order valence-corrected chi connectivity index (χ0v) is 13.9. The highest BCUT2D eigenvalue weighted by molar-refractivity contribution is 5.71. The molecule has 0 heterocycles. The second-order valence-electron chi connectivity index (χ2n) is 5.38. The van der Waals surface area contributed by atoms with Gasteiger partial charge < -0.3 is 20.4 Å². The molecule has 0 aromatic heterocycles. The van der Waals surface area contributed by atoms with Gasteiger partial charge in [0.15, 0.2) is 6.10 Å². The third kappa shape index (κ3) is 22.8. The molecule has 0 spiro atoms. The summed E-state index contributed by atoms with van der Waals surface area (Å²) in [6.45, 7) is 1.61. The number of aliphatic hydroxyl groups is 1. The molecule has 0 aliphatic rings. The lowest BCUT2D eigenvalue weighted by atomic mass is 10.1. The molecule has 0 fully saturated rings.